The minimum Gasteiger partial charge on any atom is -0.397 e. The van der Waals surface area contributed by atoms with E-state index in [2.05, 4.69) is 5.10 Å². The highest BCUT2D eigenvalue weighted by atomic mass is 35.5. The number of aromatic nitrogens is 2. The molecule has 0 saturated carbocycles. The normalized spacial score (nSPS) is 10.8. The Labute approximate surface area is 122 Å². The Bertz CT molecular complexity index is 607. The SMILES string of the molecule is Cc1nn(C)c(Cl)c1CN(C)c1cc(Cl)ccc1N. The van der Waals surface area contributed by atoms with Crippen molar-refractivity contribution in [1.29, 1.82) is 0 Å². The third-order valence-electron chi connectivity index (χ3n) is 3.07. The molecule has 6 heteroatoms. The third-order valence-corrected chi connectivity index (χ3v) is 3.78. The Morgan fingerprint density at radius 1 is 1.37 bits per heavy atom. The molecule has 0 fully saturated rings. The highest BCUT2D eigenvalue weighted by Gasteiger charge is 2.15. The maximum absolute atomic E-state index is 6.23. The van der Waals surface area contributed by atoms with Crippen LogP contribution in [0.1, 0.15) is 11.3 Å². The van der Waals surface area contributed by atoms with Crippen LogP contribution in [0.15, 0.2) is 18.2 Å². The number of aryl methyl sites for hydroxylation is 2. The Morgan fingerprint density at radius 2 is 2.05 bits per heavy atom. The summed E-state index contributed by atoms with van der Waals surface area (Å²) < 4.78 is 1.67. The molecule has 0 bridgehead atoms. The highest BCUT2D eigenvalue weighted by Crippen LogP contribution is 2.29. The summed E-state index contributed by atoms with van der Waals surface area (Å²) in [5.41, 5.74) is 9.45. The number of nitrogens with two attached hydrogens (primary N) is 1. The number of hydrogen-bond acceptors (Lipinski definition) is 3. The van der Waals surface area contributed by atoms with Crippen LogP contribution in [-0.4, -0.2) is 16.8 Å². The lowest BCUT2D eigenvalue weighted by Gasteiger charge is -2.21. The van der Waals surface area contributed by atoms with Crippen LogP contribution in [0.2, 0.25) is 10.2 Å². The Morgan fingerprint density at radius 3 is 2.63 bits per heavy atom. The molecule has 0 unspecified atom stereocenters. The van der Waals surface area contributed by atoms with Gasteiger partial charge in [0.1, 0.15) is 5.15 Å². The number of nitrogens with zero attached hydrogens (tertiary/aromatic N) is 3. The molecule has 1 aromatic carbocycles. The Balaban J connectivity index is 2.30. The van der Waals surface area contributed by atoms with Gasteiger partial charge in [0.15, 0.2) is 0 Å². The van der Waals surface area contributed by atoms with Crippen molar-refractivity contribution >= 4 is 34.6 Å². The summed E-state index contributed by atoms with van der Waals surface area (Å²) in [5.74, 6) is 0. The second-order valence-electron chi connectivity index (χ2n) is 4.54. The monoisotopic (exact) mass is 298 g/mol. The van der Waals surface area contributed by atoms with Crippen LogP contribution in [-0.2, 0) is 13.6 Å². The fourth-order valence-corrected chi connectivity index (χ4v) is 2.42. The van der Waals surface area contributed by atoms with Crippen molar-refractivity contribution in [1.82, 2.24) is 9.78 Å². The van der Waals surface area contributed by atoms with E-state index >= 15 is 0 Å². The van der Waals surface area contributed by atoms with Crippen molar-refractivity contribution in [2.75, 3.05) is 17.7 Å². The van der Waals surface area contributed by atoms with Gasteiger partial charge in [0.2, 0.25) is 0 Å². The molecular weight excluding hydrogens is 283 g/mol. The van der Waals surface area contributed by atoms with E-state index in [-0.39, 0.29) is 0 Å². The number of benzene rings is 1. The molecule has 4 nitrogen and oxygen atoms in total. The number of anilines is 2. The topological polar surface area (TPSA) is 47.1 Å². The summed E-state index contributed by atoms with van der Waals surface area (Å²) in [6.45, 7) is 2.57. The van der Waals surface area contributed by atoms with Crippen molar-refractivity contribution in [3.63, 3.8) is 0 Å². The van der Waals surface area contributed by atoms with Crippen molar-refractivity contribution in [2.24, 2.45) is 7.05 Å². The lowest BCUT2D eigenvalue weighted by Crippen LogP contribution is -2.18. The fourth-order valence-electron chi connectivity index (χ4n) is 2.02. The van der Waals surface area contributed by atoms with Gasteiger partial charge in [-0.2, -0.15) is 5.10 Å². The van der Waals surface area contributed by atoms with E-state index in [1.807, 2.05) is 32.0 Å². The van der Waals surface area contributed by atoms with Crippen LogP contribution in [0.3, 0.4) is 0 Å². The van der Waals surface area contributed by atoms with Crippen LogP contribution in [0, 0.1) is 6.92 Å². The van der Waals surface area contributed by atoms with E-state index in [0.717, 1.165) is 16.9 Å². The van der Waals surface area contributed by atoms with E-state index < -0.39 is 0 Å². The molecule has 0 amide bonds. The fraction of sp³-hybridized carbons (Fsp3) is 0.308. The number of hydrogen-bond donors (Lipinski definition) is 1. The molecule has 2 rings (SSSR count). The molecule has 0 atom stereocenters. The van der Waals surface area contributed by atoms with Gasteiger partial charge < -0.3 is 10.6 Å². The number of halogens is 2. The van der Waals surface area contributed by atoms with Crippen LogP contribution in [0.25, 0.3) is 0 Å². The minimum atomic E-state index is 0.628. The standard InChI is InChI=1S/C13H16Cl2N4/c1-8-10(13(15)19(3)17-8)7-18(2)12-6-9(14)4-5-11(12)16/h4-6H,7,16H2,1-3H3. The predicted molar refractivity (Wildman–Crippen MR) is 80.9 cm³/mol. The van der Waals surface area contributed by atoms with Gasteiger partial charge in [0, 0.05) is 31.2 Å². The summed E-state index contributed by atoms with van der Waals surface area (Å²) >= 11 is 12.2. The molecule has 102 valence electrons. The second-order valence-corrected chi connectivity index (χ2v) is 5.33. The average molecular weight is 299 g/mol. The van der Waals surface area contributed by atoms with E-state index in [4.69, 9.17) is 28.9 Å². The molecule has 0 aliphatic heterocycles. The van der Waals surface area contributed by atoms with E-state index in [1.165, 1.54) is 0 Å². The molecule has 0 aliphatic carbocycles. The summed E-state index contributed by atoms with van der Waals surface area (Å²) in [5, 5.41) is 5.60. The molecule has 0 saturated heterocycles. The van der Waals surface area contributed by atoms with Crippen molar-refractivity contribution in [2.45, 2.75) is 13.5 Å². The highest BCUT2D eigenvalue weighted by molar-refractivity contribution is 6.31. The third kappa shape index (κ3) is 2.80. The zero-order valence-corrected chi connectivity index (χ0v) is 12.6. The molecule has 0 aliphatic rings. The first kappa shape index (κ1) is 14.0. The van der Waals surface area contributed by atoms with Crippen LogP contribution < -0.4 is 10.6 Å². The largest absolute Gasteiger partial charge is 0.397 e. The van der Waals surface area contributed by atoms with Gasteiger partial charge in [-0.25, -0.2) is 0 Å². The number of nitrogen functional groups attached to an aromatic ring is 1. The summed E-state index contributed by atoms with van der Waals surface area (Å²) in [4.78, 5) is 2.01. The average Bonchev–Trinajstić information content (AvgIpc) is 2.59. The second kappa shape index (κ2) is 5.31. The van der Waals surface area contributed by atoms with Gasteiger partial charge in [-0.1, -0.05) is 23.2 Å². The van der Waals surface area contributed by atoms with E-state index in [0.29, 0.717) is 22.4 Å². The molecule has 1 heterocycles. The first-order valence-electron chi connectivity index (χ1n) is 5.84. The van der Waals surface area contributed by atoms with E-state index in [9.17, 15) is 0 Å². The first-order valence-corrected chi connectivity index (χ1v) is 6.60. The van der Waals surface area contributed by atoms with Gasteiger partial charge in [0.05, 0.1) is 17.1 Å². The van der Waals surface area contributed by atoms with Gasteiger partial charge >= 0.3 is 0 Å². The molecule has 2 aromatic rings. The van der Waals surface area contributed by atoms with Crippen molar-refractivity contribution in [3.8, 4) is 0 Å². The zero-order valence-electron chi connectivity index (χ0n) is 11.1. The Hall–Kier alpha value is -1.39. The summed E-state index contributed by atoms with van der Waals surface area (Å²) in [7, 11) is 3.78. The quantitative estimate of drug-likeness (QED) is 0.885. The molecule has 19 heavy (non-hydrogen) atoms. The zero-order chi connectivity index (χ0) is 14.2. The summed E-state index contributed by atoms with van der Waals surface area (Å²) in [6, 6.07) is 5.42. The van der Waals surface area contributed by atoms with Crippen LogP contribution in [0.5, 0.6) is 0 Å². The molecule has 0 radical (unpaired) electrons. The van der Waals surface area contributed by atoms with Crippen LogP contribution in [0.4, 0.5) is 11.4 Å². The lowest BCUT2D eigenvalue weighted by molar-refractivity contribution is 0.757. The molecule has 1 aromatic heterocycles. The Kier molecular flexibility index (Phi) is 3.92. The first-order chi connectivity index (χ1) is 8.90. The lowest BCUT2D eigenvalue weighted by atomic mass is 10.2. The maximum atomic E-state index is 6.23. The number of rotatable bonds is 3. The smallest absolute Gasteiger partial charge is 0.131 e. The van der Waals surface area contributed by atoms with Crippen molar-refractivity contribution < 1.29 is 0 Å². The van der Waals surface area contributed by atoms with Gasteiger partial charge in [-0.15, -0.1) is 0 Å². The van der Waals surface area contributed by atoms with Crippen LogP contribution >= 0.6 is 23.2 Å². The van der Waals surface area contributed by atoms with Gasteiger partial charge in [-0.3, -0.25) is 4.68 Å². The predicted octanol–water partition coefficient (Wildman–Crippen LogP) is 3.25. The van der Waals surface area contributed by atoms with Gasteiger partial charge in [-0.05, 0) is 25.1 Å². The molecule has 0 spiro atoms. The molecular formula is C13H16Cl2N4. The summed E-state index contributed by atoms with van der Waals surface area (Å²) in [6.07, 6.45) is 0. The van der Waals surface area contributed by atoms with Crippen molar-refractivity contribution in [3.05, 3.63) is 39.6 Å². The minimum absolute atomic E-state index is 0.628. The molecule has 2 N–H and O–H groups in total. The van der Waals surface area contributed by atoms with Gasteiger partial charge in [0.25, 0.3) is 0 Å². The maximum Gasteiger partial charge on any atom is 0.131 e. The van der Waals surface area contributed by atoms with E-state index in [1.54, 1.807) is 16.8 Å².